The number of aliphatic hydroxyl groups is 1. The fourth-order valence-corrected chi connectivity index (χ4v) is 4.68. The molecular weight excluding hydrogens is 447 g/mol. The average Bonchev–Trinajstić information content (AvgIpc) is 2.78. The van der Waals surface area contributed by atoms with Crippen molar-refractivity contribution in [2.75, 3.05) is 13.1 Å². The molecule has 0 aromatic heterocycles. The van der Waals surface area contributed by atoms with E-state index in [-0.39, 0.29) is 28.7 Å². The molecule has 2 N–H and O–H groups in total. The topological polar surface area (TPSA) is 69.6 Å². The van der Waals surface area contributed by atoms with Gasteiger partial charge in [-0.05, 0) is 54.9 Å². The van der Waals surface area contributed by atoms with Gasteiger partial charge in [-0.25, -0.2) is 0 Å². The van der Waals surface area contributed by atoms with Crippen molar-refractivity contribution in [2.45, 2.75) is 45.3 Å². The van der Waals surface area contributed by atoms with Gasteiger partial charge in [-0.2, -0.15) is 0 Å². The maximum atomic E-state index is 13.3. The number of hydrogen-bond donors (Lipinski definition) is 2. The molecule has 2 atom stereocenters. The Morgan fingerprint density at radius 3 is 2.34 bits per heavy atom. The molecule has 0 saturated carbocycles. The normalized spacial score (nSPS) is 16.6. The molecule has 7 heteroatoms. The first-order chi connectivity index (χ1) is 15.3. The molecule has 1 aliphatic rings. The van der Waals surface area contributed by atoms with Crippen LogP contribution in [0.15, 0.2) is 48.5 Å². The third kappa shape index (κ3) is 6.25. The number of likely N-dealkylation sites (tertiary alicyclic amines) is 1. The molecule has 1 aliphatic heterocycles. The van der Waals surface area contributed by atoms with Gasteiger partial charge in [0.1, 0.15) is 6.04 Å². The van der Waals surface area contributed by atoms with E-state index >= 15 is 0 Å². The van der Waals surface area contributed by atoms with Gasteiger partial charge in [-0.15, -0.1) is 0 Å². The van der Waals surface area contributed by atoms with Crippen LogP contribution in [-0.4, -0.2) is 41.0 Å². The van der Waals surface area contributed by atoms with Crippen LogP contribution in [-0.2, 0) is 4.79 Å². The molecule has 1 heterocycles. The van der Waals surface area contributed by atoms with Gasteiger partial charge in [-0.3, -0.25) is 9.59 Å². The van der Waals surface area contributed by atoms with E-state index in [1.165, 1.54) is 6.07 Å². The Bertz CT molecular complexity index is 928. The number of benzene rings is 2. The summed E-state index contributed by atoms with van der Waals surface area (Å²) in [6, 6.07) is 13.7. The van der Waals surface area contributed by atoms with Gasteiger partial charge >= 0.3 is 0 Å². The summed E-state index contributed by atoms with van der Waals surface area (Å²) < 4.78 is 0. The SMILES string of the molecule is CC(C)CC(NC(=O)c1ccc(Cl)cc1Cl)C(=O)N1CCC(C(O)c2ccccc2)CC1. The quantitative estimate of drug-likeness (QED) is 0.582. The predicted molar refractivity (Wildman–Crippen MR) is 128 cm³/mol. The van der Waals surface area contributed by atoms with E-state index in [0.29, 0.717) is 42.9 Å². The van der Waals surface area contributed by atoms with Crippen LogP contribution in [0.4, 0.5) is 0 Å². The molecule has 0 bridgehead atoms. The van der Waals surface area contributed by atoms with E-state index in [0.717, 1.165) is 5.56 Å². The van der Waals surface area contributed by atoms with E-state index in [1.54, 1.807) is 17.0 Å². The molecule has 172 valence electrons. The van der Waals surface area contributed by atoms with Gasteiger partial charge in [-0.1, -0.05) is 67.4 Å². The number of piperidine rings is 1. The Morgan fingerprint density at radius 2 is 1.75 bits per heavy atom. The maximum absolute atomic E-state index is 13.3. The third-order valence-corrected chi connectivity index (χ3v) is 6.47. The van der Waals surface area contributed by atoms with Gasteiger partial charge in [0.05, 0.1) is 16.7 Å². The molecule has 5 nitrogen and oxygen atoms in total. The number of hydrogen-bond acceptors (Lipinski definition) is 3. The van der Waals surface area contributed by atoms with Crippen molar-refractivity contribution in [1.29, 1.82) is 0 Å². The maximum Gasteiger partial charge on any atom is 0.253 e. The lowest BCUT2D eigenvalue weighted by Crippen LogP contribution is -2.51. The van der Waals surface area contributed by atoms with Crippen molar-refractivity contribution < 1.29 is 14.7 Å². The Labute approximate surface area is 199 Å². The van der Waals surface area contributed by atoms with Gasteiger partial charge in [0, 0.05) is 18.1 Å². The second-order valence-electron chi connectivity index (χ2n) is 8.80. The second-order valence-corrected chi connectivity index (χ2v) is 9.64. The first-order valence-corrected chi connectivity index (χ1v) is 11.8. The number of nitrogens with zero attached hydrogens (tertiary/aromatic N) is 1. The van der Waals surface area contributed by atoms with Crippen LogP contribution in [0.5, 0.6) is 0 Å². The Hall–Kier alpha value is -2.08. The molecule has 2 aromatic carbocycles. The number of rotatable bonds is 7. The zero-order valence-electron chi connectivity index (χ0n) is 18.4. The van der Waals surface area contributed by atoms with Gasteiger partial charge in [0.2, 0.25) is 5.91 Å². The molecule has 0 aliphatic carbocycles. The number of halogens is 2. The smallest absolute Gasteiger partial charge is 0.253 e. The Morgan fingerprint density at radius 1 is 1.09 bits per heavy atom. The zero-order chi connectivity index (χ0) is 23.3. The lowest BCUT2D eigenvalue weighted by molar-refractivity contribution is -0.135. The van der Waals surface area contributed by atoms with E-state index < -0.39 is 12.1 Å². The molecule has 0 radical (unpaired) electrons. The van der Waals surface area contributed by atoms with Gasteiger partial charge in [0.25, 0.3) is 5.91 Å². The standard InChI is InChI=1S/C25H30Cl2N2O3/c1-16(2)14-22(28-24(31)20-9-8-19(26)15-21(20)27)25(32)29-12-10-18(11-13-29)23(30)17-6-4-3-5-7-17/h3-9,15-16,18,22-23,30H,10-14H2,1-2H3,(H,28,31). The number of nitrogens with one attached hydrogen (secondary N) is 1. The highest BCUT2D eigenvalue weighted by molar-refractivity contribution is 6.36. The summed E-state index contributed by atoms with van der Waals surface area (Å²) in [6.45, 7) is 5.15. The first-order valence-electron chi connectivity index (χ1n) is 11.0. The number of carbonyl (C=O) groups excluding carboxylic acids is 2. The van der Waals surface area contributed by atoms with Crippen molar-refractivity contribution >= 4 is 35.0 Å². The molecule has 2 unspecified atom stereocenters. The van der Waals surface area contributed by atoms with Crippen LogP contribution in [0.2, 0.25) is 10.0 Å². The number of amides is 2. The highest BCUT2D eigenvalue weighted by Gasteiger charge is 2.32. The molecule has 0 spiro atoms. The molecular formula is C25H30Cl2N2O3. The molecule has 1 fully saturated rings. The van der Waals surface area contributed by atoms with Crippen LogP contribution in [0.25, 0.3) is 0 Å². The highest BCUT2D eigenvalue weighted by Crippen LogP contribution is 2.31. The minimum absolute atomic E-state index is 0.0928. The second kappa shape index (κ2) is 11.2. The number of carbonyl (C=O) groups is 2. The van der Waals surface area contributed by atoms with E-state index in [2.05, 4.69) is 5.32 Å². The van der Waals surface area contributed by atoms with E-state index in [1.807, 2.05) is 44.2 Å². The monoisotopic (exact) mass is 476 g/mol. The van der Waals surface area contributed by atoms with Crippen LogP contribution in [0.1, 0.15) is 55.1 Å². The van der Waals surface area contributed by atoms with Crippen molar-refractivity contribution in [2.24, 2.45) is 11.8 Å². The summed E-state index contributed by atoms with van der Waals surface area (Å²) in [6.07, 6.45) is 1.43. The minimum atomic E-state index is -0.634. The molecule has 3 rings (SSSR count). The van der Waals surface area contributed by atoms with Crippen molar-refractivity contribution in [3.8, 4) is 0 Å². The van der Waals surface area contributed by atoms with Gasteiger partial charge in [0.15, 0.2) is 0 Å². The van der Waals surface area contributed by atoms with Crippen LogP contribution in [0.3, 0.4) is 0 Å². The predicted octanol–water partition coefficient (Wildman–Crippen LogP) is 5.11. The first kappa shape index (κ1) is 24.6. The molecule has 1 saturated heterocycles. The van der Waals surface area contributed by atoms with Crippen LogP contribution < -0.4 is 5.32 Å². The van der Waals surface area contributed by atoms with Crippen molar-refractivity contribution in [3.63, 3.8) is 0 Å². The summed E-state index contributed by atoms with van der Waals surface area (Å²) in [5.74, 6) is -0.153. The summed E-state index contributed by atoms with van der Waals surface area (Å²) >= 11 is 12.1. The van der Waals surface area contributed by atoms with Crippen LogP contribution in [0, 0.1) is 11.8 Å². The summed E-state index contributed by atoms with van der Waals surface area (Å²) in [5.41, 5.74) is 1.20. The summed E-state index contributed by atoms with van der Waals surface area (Å²) in [5, 5.41) is 14.3. The summed E-state index contributed by atoms with van der Waals surface area (Å²) in [4.78, 5) is 27.9. The van der Waals surface area contributed by atoms with Gasteiger partial charge < -0.3 is 15.3 Å². The lowest BCUT2D eigenvalue weighted by Gasteiger charge is -2.36. The summed E-state index contributed by atoms with van der Waals surface area (Å²) in [7, 11) is 0. The van der Waals surface area contributed by atoms with E-state index in [4.69, 9.17) is 23.2 Å². The van der Waals surface area contributed by atoms with Crippen LogP contribution >= 0.6 is 23.2 Å². The van der Waals surface area contributed by atoms with Crippen molar-refractivity contribution in [3.05, 3.63) is 69.7 Å². The third-order valence-electron chi connectivity index (χ3n) is 5.93. The fraction of sp³-hybridized carbons (Fsp3) is 0.440. The zero-order valence-corrected chi connectivity index (χ0v) is 19.9. The Balaban J connectivity index is 1.64. The molecule has 2 amide bonds. The molecule has 32 heavy (non-hydrogen) atoms. The highest BCUT2D eigenvalue weighted by atomic mass is 35.5. The molecule has 2 aromatic rings. The largest absolute Gasteiger partial charge is 0.388 e. The number of aliphatic hydroxyl groups excluding tert-OH is 1. The van der Waals surface area contributed by atoms with Crippen molar-refractivity contribution in [1.82, 2.24) is 10.2 Å². The van der Waals surface area contributed by atoms with E-state index in [9.17, 15) is 14.7 Å². The fourth-order valence-electron chi connectivity index (χ4n) is 4.18. The lowest BCUT2D eigenvalue weighted by atomic mass is 9.87. The average molecular weight is 477 g/mol. The Kier molecular flexibility index (Phi) is 8.57. The minimum Gasteiger partial charge on any atom is -0.388 e.